The molecule has 38 heavy (non-hydrogen) atoms. The van der Waals surface area contributed by atoms with Gasteiger partial charge in [-0.3, -0.25) is 9.59 Å². The van der Waals surface area contributed by atoms with Crippen LogP contribution in [-0.2, 0) is 29.1 Å². The molecule has 0 radical (unpaired) electrons. The summed E-state index contributed by atoms with van der Waals surface area (Å²) in [6.07, 6.45) is -0.264. The third-order valence-electron chi connectivity index (χ3n) is 6.15. The number of methoxy groups -OCH3 is 2. The van der Waals surface area contributed by atoms with E-state index >= 15 is 0 Å². The van der Waals surface area contributed by atoms with E-state index in [1.54, 1.807) is 14.2 Å². The third-order valence-corrected chi connectivity index (χ3v) is 6.15. The number of ether oxygens (including phenoxy) is 2. The molecule has 4 N–H and O–H groups in total. The maximum atomic E-state index is 12.7. The van der Waals surface area contributed by atoms with Gasteiger partial charge >= 0.3 is 0 Å². The lowest BCUT2D eigenvalue weighted by Gasteiger charge is -2.25. The zero-order chi connectivity index (χ0) is 27.2. The quantitative estimate of drug-likeness (QED) is 0.246. The number of rotatable bonds is 15. The molecule has 2 atom stereocenters. The number of benzene rings is 3. The summed E-state index contributed by atoms with van der Waals surface area (Å²) >= 11 is 0. The Labute approximate surface area is 224 Å². The fourth-order valence-electron chi connectivity index (χ4n) is 3.98. The lowest BCUT2D eigenvalue weighted by atomic mass is 10.0. The smallest absolute Gasteiger partial charge is 0.220 e. The summed E-state index contributed by atoms with van der Waals surface area (Å²) < 4.78 is 10.4. The number of hydrogen-bond donors (Lipinski definition) is 4. The highest BCUT2D eigenvalue weighted by Gasteiger charge is 2.22. The number of carbonyl (C=O) groups excluding carboxylic acids is 2. The van der Waals surface area contributed by atoms with Crippen LogP contribution in [0.2, 0.25) is 0 Å². The maximum Gasteiger partial charge on any atom is 0.220 e. The molecule has 0 aliphatic heterocycles. The molecule has 0 saturated carbocycles. The van der Waals surface area contributed by atoms with Crippen molar-refractivity contribution in [3.05, 3.63) is 95.6 Å². The van der Waals surface area contributed by atoms with Gasteiger partial charge in [0.15, 0.2) is 0 Å². The number of nitrogens with one attached hydrogen (secondary N) is 3. The molecular formula is C30H37N3O5. The van der Waals surface area contributed by atoms with E-state index in [4.69, 9.17) is 9.47 Å². The Kier molecular flexibility index (Phi) is 11.6. The molecule has 0 fully saturated rings. The second kappa shape index (κ2) is 15.4. The SMILES string of the molecule is COc1ccc(CNC(=O)CCC(=O)N[C@@H](Cc2ccccc2)[C@H](O)CNCc2cccc(OC)c2)cc1. The van der Waals surface area contributed by atoms with Crippen molar-refractivity contribution >= 4 is 11.8 Å². The Morgan fingerprint density at radius 3 is 2.16 bits per heavy atom. The molecule has 8 nitrogen and oxygen atoms in total. The first kappa shape index (κ1) is 28.7. The average Bonchev–Trinajstić information content (AvgIpc) is 2.95. The third kappa shape index (κ3) is 9.88. The molecule has 3 aromatic carbocycles. The summed E-state index contributed by atoms with van der Waals surface area (Å²) in [5.41, 5.74) is 2.97. The highest BCUT2D eigenvalue weighted by molar-refractivity contribution is 5.83. The van der Waals surface area contributed by atoms with Gasteiger partial charge in [0.05, 0.1) is 26.4 Å². The van der Waals surface area contributed by atoms with E-state index in [-0.39, 0.29) is 31.2 Å². The van der Waals surface area contributed by atoms with Crippen LogP contribution in [0.5, 0.6) is 11.5 Å². The van der Waals surface area contributed by atoms with Crippen LogP contribution in [0.15, 0.2) is 78.9 Å². The van der Waals surface area contributed by atoms with E-state index in [1.165, 1.54) is 0 Å². The van der Waals surface area contributed by atoms with Gasteiger partial charge in [-0.15, -0.1) is 0 Å². The van der Waals surface area contributed by atoms with Gasteiger partial charge in [0.2, 0.25) is 11.8 Å². The Bertz CT molecular complexity index is 1140. The highest BCUT2D eigenvalue weighted by atomic mass is 16.5. The largest absolute Gasteiger partial charge is 0.497 e. The van der Waals surface area contributed by atoms with Gasteiger partial charge < -0.3 is 30.5 Å². The van der Waals surface area contributed by atoms with Crippen molar-refractivity contribution in [2.75, 3.05) is 20.8 Å². The van der Waals surface area contributed by atoms with Gasteiger partial charge in [0.1, 0.15) is 11.5 Å². The van der Waals surface area contributed by atoms with E-state index in [9.17, 15) is 14.7 Å². The molecule has 0 aliphatic carbocycles. The molecule has 3 rings (SSSR count). The molecule has 0 unspecified atom stereocenters. The van der Waals surface area contributed by atoms with Crippen LogP contribution in [-0.4, -0.2) is 49.8 Å². The van der Waals surface area contributed by atoms with Crippen molar-refractivity contribution < 1.29 is 24.2 Å². The van der Waals surface area contributed by atoms with Crippen molar-refractivity contribution in [1.82, 2.24) is 16.0 Å². The van der Waals surface area contributed by atoms with Gasteiger partial charge in [-0.1, -0.05) is 54.6 Å². The number of aliphatic hydroxyl groups excluding tert-OH is 1. The molecule has 0 aliphatic rings. The molecule has 0 bridgehead atoms. The number of aliphatic hydroxyl groups is 1. The lowest BCUT2D eigenvalue weighted by molar-refractivity contribution is -0.127. The molecule has 2 amide bonds. The first-order valence-electron chi connectivity index (χ1n) is 12.7. The summed E-state index contributed by atoms with van der Waals surface area (Å²) in [7, 11) is 3.22. The van der Waals surface area contributed by atoms with Gasteiger partial charge in [0, 0.05) is 32.5 Å². The fourth-order valence-corrected chi connectivity index (χ4v) is 3.98. The van der Waals surface area contributed by atoms with Crippen molar-refractivity contribution in [2.45, 2.75) is 44.5 Å². The number of hydrogen-bond acceptors (Lipinski definition) is 6. The average molecular weight is 520 g/mol. The summed E-state index contributed by atoms with van der Waals surface area (Å²) in [5, 5.41) is 19.9. The monoisotopic (exact) mass is 519 g/mol. The van der Waals surface area contributed by atoms with Gasteiger partial charge in [-0.05, 0) is 47.4 Å². The molecule has 202 valence electrons. The molecule has 3 aromatic rings. The zero-order valence-electron chi connectivity index (χ0n) is 22.0. The molecule has 0 spiro atoms. The summed E-state index contributed by atoms with van der Waals surface area (Å²) in [4.78, 5) is 25.0. The van der Waals surface area contributed by atoms with Crippen molar-refractivity contribution in [3.8, 4) is 11.5 Å². The van der Waals surface area contributed by atoms with Crippen LogP contribution in [0, 0.1) is 0 Å². The predicted octanol–water partition coefficient (Wildman–Crippen LogP) is 2.98. The van der Waals surface area contributed by atoms with Crippen LogP contribution >= 0.6 is 0 Å². The van der Waals surface area contributed by atoms with Crippen molar-refractivity contribution in [3.63, 3.8) is 0 Å². The van der Waals surface area contributed by atoms with Crippen LogP contribution in [0.3, 0.4) is 0 Å². The minimum Gasteiger partial charge on any atom is -0.497 e. The summed E-state index contributed by atoms with van der Waals surface area (Å²) in [5.74, 6) is 1.03. The normalized spacial score (nSPS) is 12.3. The minimum absolute atomic E-state index is 0.0314. The van der Waals surface area contributed by atoms with Gasteiger partial charge in [0.25, 0.3) is 0 Å². The fraction of sp³-hybridized carbons (Fsp3) is 0.333. The van der Waals surface area contributed by atoms with Gasteiger partial charge in [-0.25, -0.2) is 0 Å². The first-order chi connectivity index (χ1) is 18.5. The number of amides is 2. The molecule has 8 heteroatoms. The van der Waals surface area contributed by atoms with Crippen LogP contribution in [0.1, 0.15) is 29.5 Å². The Hall–Kier alpha value is -3.88. The van der Waals surface area contributed by atoms with Gasteiger partial charge in [-0.2, -0.15) is 0 Å². The zero-order valence-corrected chi connectivity index (χ0v) is 22.0. The summed E-state index contributed by atoms with van der Waals surface area (Å²) in [6.45, 7) is 1.21. The van der Waals surface area contributed by atoms with Crippen molar-refractivity contribution in [1.29, 1.82) is 0 Å². The minimum atomic E-state index is -0.825. The van der Waals surface area contributed by atoms with Crippen LogP contribution < -0.4 is 25.4 Å². The Morgan fingerprint density at radius 1 is 0.763 bits per heavy atom. The topological polar surface area (TPSA) is 109 Å². The molecule has 0 saturated heterocycles. The number of carbonyl (C=O) groups is 2. The van der Waals surface area contributed by atoms with E-state index in [2.05, 4.69) is 16.0 Å². The van der Waals surface area contributed by atoms with E-state index < -0.39 is 12.1 Å². The summed E-state index contributed by atoms with van der Waals surface area (Å²) in [6, 6.07) is 24.3. The maximum absolute atomic E-state index is 12.7. The second-order valence-corrected chi connectivity index (χ2v) is 9.04. The Morgan fingerprint density at radius 2 is 1.45 bits per heavy atom. The van der Waals surface area contributed by atoms with E-state index in [1.807, 2.05) is 78.9 Å². The van der Waals surface area contributed by atoms with E-state index in [0.717, 1.165) is 28.2 Å². The standard InChI is InChI=1S/C30H37N3O5/c1-37-25-13-11-23(12-14-25)20-32-29(35)15-16-30(36)33-27(18-22-7-4-3-5-8-22)28(34)21-31-19-24-9-6-10-26(17-24)38-2/h3-14,17,27-28,31,34H,15-16,18-21H2,1-2H3,(H,32,35)(H,33,36)/t27-,28+/m0/s1. The van der Waals surface area contributed by atoms with Crippen LogP contribution in [0.4, 0.5) is 0 Å². The molecule has 0 aromatic heterocycles. The molecular weight excluding hydrogens is 482 g/mol. The molecule has 0 heterocycles. The van der Waals surface area contributed by atoms with Crippen molar-refractivity contribution in [2.24, 2.45) is 0 Å². The lowest BCUT2D eigenvalue weighted by Crippen LogP contribution is -2.48. The first-order valence-corrected chi connectivity index (χ1v) is 12.7. The Balaban J connectivity index is 1.48. The van der Waals surface area contributed by atoms with E-state index in [0.29, 0.717) is 19.5 Å². The van der Waals surface area contributed by atoms with Crippen LogP contribution in [0.25, 0.3) is 0 Å². The predicted molar refractivity (Wildman–Crippen MR) is 147 cm³/mol. The second-order valence-electron chi connectivity index (χ2n) is 9.04. The highest BCUT2D eigenvalue weighted by Crippen LogP contribution is 2.13.